The van der Waals surface area contributed by atoms with E-state index in [-0.39, 0.29) is 29.2 Å². The van der Waals surface area contributed by atoms with Gasteiger partial charge in [0, 0.05) is 17.5 Å². The van der Waals surface area contributed by atoms with Crippen LogP contribution in [0.15, 0.2) is 39.0 Å². The predicted octanol–water partition coefficient (Wildman–Crippen LogP) is 6.77. The number of amides is 1. The summed E-state index contributed by atoms with van der Waals surface area (Å²) in [6.07, 6.45) is 9.87. The standard InChI is InChI=1S/C31H43N5O5S/c1-8-15-36(16-9-2)17-10-14-32-31-34-29(38-4)27(30(35-31)39-5)33-28(37)23-11-12-26(40-23)41-24-20-25-22(19-21(24)3)13-18-42(25,6)7/h11-13,18-20H,8-10,14-17H2,1-7H3,(H,33,37)(H,32,34,35). The fraction of sp³-hybridized carbons (Fsp3) is 0.452. The number of anilines is 2. The number of nitrogens with one attached hydrogen (secondary N) is 2. The third-order valence-corrected chi connectivity index (χ3v) is 9.26. The second kappa shape index (κ2) is 14.0. The molecule has 0 saturated heterocycles. The van der Waals surface area contributed by atoms with Crippen molar-refractivity contribution in [1.82, 2.24) is 14.9 Å². The molecule has 3 heterocycles. The molecule has 0 unspecified atom stereocenters. The number of nitrogens with zero attached hydrogens (tertiary/aromatic N) is 3. The summed E-state index contributed by atoms with van der Waals surface area (Å²) in [4.78, 5) is 25.7. The number of hydrogen-bond donors (Lipinski definition) is 2. The maximum Gasteiger partial charge on any atom is 0.291 e. The van der Waals surface area contributed by atoms with Crippen LogP contribution >= 0.6 is 10.0 Å². The summed E-state index contributed by atoms with van der Waals surface area (Å²) in [5.74, 6) is 1.16. The first-order valence-corrected chi connectivity index (χ1v) is 16.8. The second-order valence-corrected chi connectivity index (χ2v) is 14.1. The van der Waals surface area contributed by atoms with Gasteiger partial charge in [0.05, 0.1) is 14.2 Å². The molecule has 4 rings (SSSR count). The lowest BCUT2D eigenvalue weighted by molar-refractivity contribution is 0.0990. The van der Waals surface area contributed by atoms with Crippen molar-refractivity contribution in [1.29, 1.82) is 0 Å². The molecule has 10 nitrogen and oxygen atoms in total. The van der Waals surface area contributed by atoms with Crippen LogP contribution in [0.4, 0.5) is 11.6 Å². The first kappa shape index (κ1) is 31.2. The van der Waals surface area contributed by atoms with Crippen molar-refractivity contribution in [3.05, 3.63) is 46.6 Å². The van der Waals surface area contributed by atoms with Gasteiger partial charge in [-0.15, -0.1) is 0 Å². The number of benzene rings is 1. The number of ether oxygens (including phenoxy) is 3. The highest BCUT2D eigenvalue weighted by molar-refractivity contribution is 8.35. The van der Waals surface area contributed by atoms with Gasteiger partial charge in [0.1, 0.15) is 5.75 Å². The molecule has 1 aliphatic rings. The molecule has 0 fully saturated rings. The Morgan fingerprint density at radius 2 is 1.71 bits per heavy atom. The number of carbonyl (C=O) groups excluding carboxylic acids is 1. The average molecular weight is 598 g/mol. The SMILES string of the molecule is CCCN(CCC)CCCNc1nc(OC)c(NC(=O)c2ccc(Oc3cc4c(cc3C)C=CS4(C)C)o2)c(OC)n1. The number of carbonyl (C=O) groups is 1. The molecule has 2 N–H and O–H groups in total. The van der Waals surface area contributed by atoms with Crippen molar-refractivity contribution < 1.29 is 23.4 Å². The normalized spacial score (nSPS) is 14.0. The van der Waals surface area contributed by atoms with Gasteiger partial charge in [0.2, 0.25) is 17.7 Å². The van der Waals surface area contributed by atoms with Crippen LogP contribution in [0.1, 0.15) is 54.8 Å². The molecule has 0 bridgehead atoms. The van der Waals surface area contributed by atoms with E-state index in [1.54, 1.807) is 12.1 Å². The predicted molar refractivity (Wildman–Crippen MR) is 170 cm³/mol. The van der Waals surface area contributed by atoms with Crippen LogP contribution < -0.4 is 24.8 Å². The van der Waals surface area contributed by atoms with Gasteiger partial charge in [0.25, 0.3) is 11.9 Å². The Balaban J connectivity index is 1.42. The lowest BCUT2D eigenvalue weighted by atomic mass is 10.1. The Morgan fingerprint density at radius 3 is 2.36 bits per heavy atom. The zero-order valence-electron chi connectivity index (χ0n) is 25.7. The first-order chi connectivity index (χ1) is 20.2. The minimum atomic E-state index is -1.01. The minimum Gasteiger partial charge on any atom is -0.479 e. The molecule has 0 radical (unpaired) electrons. The Hall–Kier alpha value is -3.70. The zero-order chi connectivity index (χ0) is 30.3. The van der Waals surface area contributed by atoms with Crippen molar-refractivity contribution in [2.24, 2.45) is 0 Å². The molecule has 42 heavy (non-hydrogen) atoms. The van der Waals surface area contributed by atoms with Gasteiger partial charge < -0.3 is 34.2 Å². The van der Waals surface area contributed by atoms with Crippen LogP contribution in [0, 0.1) is 6.92 Å². The van der Waals surface area contributed by atoms with Gasteiger partial charge in [-0.25, -0.2) is 0 Å². The first-order valence-electron chi connectivity index (χ1n) is 14.3. The molecule has 1 aromatic carbocycles. The fourth-order valence-corrected chi connectivity index (χ4v) is 6.64. The van der Waals surface area contributed by atoms with E-state index in [2.05, 4.69) is 75.5 Å². The highest BCUT2D eigenvalue weighted by atomic mass is 32.3. The Labute approximate surface area is 250 Å². The Morgan fingerprint density at radius 1 is 1.02 bits per heavy atom. The molecule has 228 valence electrons. The van der Waals surface area contributed by atoms with Gasteiger partial charge in [0.15, 0.2) is 11.4 Å². The van der Waals surface area contributed by atoms with Gasteiger partial charge in [-0.1, -0.05) is 13.8 Å². The number of fused-ring (bicyclic) bond motifs is 1. The number of hydrogen-bond acceptors (Lipinski definition) is 9. The van der Waals surface area contributed by atoms with Crippen molar-refractivity contribution in [3.63, 3.8) is 0 Å². The number of aromatic nitrogens is 2. The van der Waals surface area contributed by atoms with Gasteiger partial charge in [-0.05, 0) is 99.1 Å². The molecular formula is C31H43N5O5S. The molecule has 0 atom stereocenters. The van der Waals surface area contributed by atoms with E-state index >= 15 is 0 Å². The van der Waals surface area contributed by atoms with Crippen molar-refractivity contribution in [2.75, 3.05) is 63.5 Å². The second-order valence-electron chi connectivity index (χ2n) is 10.6. The van der Waals surface area contributed by atoms with Crippen LogP contribution in [0.2, 0.25) is 0 Å². The third-order valence-electron chi connectivity index (χ3n) is 6.96. The lowest BCUT2D eigenvalue weighted by Gasteiger charge is -2.25. The van der Waals surface area contributed by atoms with Gasteiger partial charge in [-0.3, -0.25) is 4.79 Å². The van der Waals surface area contributed by atoms with Crippen LogP contribution in [-0.4, -0.2) is 73.7 Å². The van der Waals surface area contributed by atoms with Gasteiger partial charge >= 0.3 is 0 Å². The molecule has 0 spiro atoms. The van der Waals surface area contributed by atoms with Crippen molar-refractivity contribution >= 4 is 33.6 Å². The minimum absolute atomic E-state index is 0.0615. The largest absolute Gasteiger partial charge is 0.479 e. The number of aryl methyl sites for hydroxylation is 1. The van der Waals surface area contributed by atoms with E-state index in [0.29, 0.717) is 18.2 Å². The molecule has 1 amide bonds. The molecule has 2 aromatic heterocycles. The summed E-state index contributed by atoms with van der Waals surface area (Å²) in [6, 6.07) is 7.36. The van der Waals surface area contributed by atoms with E-state index in [4.69, 9.17) is 18.6 Å². The van der Waals surface area contributed by atoms with E-state index in [0.717, 1.165) is 44.5 Å². The third kappa shape index (κ3) is 7.38. The van der Waals surface area contributed by atoms with Gasteiger partial charge in [-0.2, -0.15) is 20.0 Å². The maximum atomic E-state index is 13.1. The van der Waals surface area contributed by atoms with E-state index in [9.17, 15) is 4.79 Å². The summed E-state index contributed by atoms with van der Waals surface area (Å²) in [5.41, 5.74) is 2.41. The summed E-state index contributed by atoms with van der Waals surface area (Å²) >= 11 is 0. The topological polar surface area (TPSA) is 111 Å². The smallest absolute Gasteiger partial charge is 0.291 e. The molecule has 1 aliphatic heterocycles. The van der Waals surface area contributed by atoms with Crippen molar-refractivity contribution in [3.8, 4) is 23.5 Å². The molecule has 11 heteroatoms. The number of furan rings is 1. The molecule has 0 aliphatic carbocycles. The Kier molecular flexibility index (Phi) is 10.4. The van der Waals surface area contributed by atoms with Crippen LogP contribution in [0.3, 0.4) is 0 Å². The lowest BCUT2D eigenvalue weighted by Crippen LogP contribution is -2.28. The number of methoxy groups -OCH3 is 2. The highest BCUT2D eigenvalue weighted by Gasteiger charge is 2.24. The molecular weight excluding hydrogens is 554 g/mol. The monoisotopic (exact) mass is 597 g/mol. The maximum absolute atomic E-state index is 13.1. The fourth-order valence-electron chi connectivity index (χ4n) is 4.86. The Bertz CT molecular complexity index is 1390. The average Bonchev–Trinajstić information content (AvgIpc) is 3.55. The molecule has 0 saturated carbocycles. The van der Waals surface area contributed by atoms with Crippen LogP contribution in [0.5, 0.6) is 23.5 Å². The van der Waals surface area contributed by atoms with E-state index in [1.165, 1.54) is 24.7 Å². The van der Waals surface area contributed by atoms with Crippen LogP contribution in [-0.2, 0) is 0 Å². The number of rotatable bonds is 15. The van der Waals surface area contributed by atoms with E-state index in [1.807, 2.05) is 6.92 Å². The molecule has 3 aromatic rings. The zero-order valence-corrected chi connectivity index (χ0v) is 26.5. The summed E-state index contributed by atoms with van der Waals surface area (Å²) in [6.45, 7) is 10.3. The highest BCUT2D eigenvalue weighted by Crippen LogP contribution is 2.58. The quantitative estimate of drug-likeness (QED) is 0.183. The van der Waals surface area contributed by atoms with Crippen molar-refractivity contribution in [2.45, 2.75) is 44.9 Å². The summed E-state index contributed by atoms with van der Waals surface area (Å²) in [7, 11) is 1.95. The summed E-state index contributed by atoms with van der Waals surface area (Å²) < 4.78 is 22.8. The van der Waals surface area contributed by atoms with E-state index < -0.39 is 15.9 Å². The van der Waals surface area contributed by atoms with Crippen LogP contribution in [0.25, 0.3) is 6.08 Å². The summed E-state index contributed by atoms with van der Waals surface area (Å²) in [5, 5.41) is 8.27.